The molecule has 0 heterocycles. The van der Waals surface area contributed by atoms with Crippen LogP contribution in [0.4, 0.5) is 0 Å². The van der Waals surface area contributed by atoms with E-state index in [0.29, 0.717) is 17.1 Å². The summed E-state index contributed by atoms with van der Waals surface area (Å²) >= 11 is 11.5. The fraction of sp³-hybridized carbons (Fsp3) is 0.417. The van der Waals surface area contributed by atoms with E-state index < -0.39 is 0 Å². The van der Waals surface area contributed by atoms with Crippen LogP contribution in [0.15, 0.2) is 18.2 Å². The minimum atomic E-state index is 0.0559. The van der Waals surface area contributed by atoms with Crippen molar-refractivity contribution in [2.24, 2.45) is 0 Å². The van der Waals surface area contributed by atoms with Gasteiger partial charge in [0.2, 0.25) is 0 Å². The van der Waals surface area contributed by atoms with E-state index in [9.17, 15) is 4.79 Å². The molecule has 0 saturated carbocycles. The number of carbonyl (C=O) groups excluding carboxylic acids is 1. The molecule has 0 aliphatic carbocycles. The Morgan fingerprint density at radius 1 is 1.53 bits per heavy atom. The van der Waals surface area contributed by atoms with Gasteiger partial charge in [0, 0.05) is 27.0 Å². The summed E-state index contributed by atoms with van der Waals surface area (Å²) in [6.45, 7) is 3.47. The molecule has 2 nitrogen and oxygen atoms in total. The summed E-state index contributed by atoms with van der Waals surface area (Å²) in [5.41, 5.74) is 0.689. The van der Waals surface area contributed by atoms with E-state index >= 15 is 0 Å². The van der Waals surface area contributed by atoms with E-state index in [0.717, 1.165) is 21.9 Å². The van der Waals surface area contributed by atoms with Crippen LogP contribution in [0.25, 0.3) is 0 Å². The van der Waals surface area contributed by atoms with Gasteiger partial charge in [-0.3, -0.25) is 4.79 Å². The molecule has 0 fully saturated rings. The normalized spacial score (nSPS) is 10.4. The molecule has 1 aromatic rings. The van der Waals surface area contributed by atoms with Gasteiger partial charge in [-0.15, -0.1) is 0 Å². The van der Waals surface area contributed by atoms with E-state index in [1.807, 2.05) is 17.9 Å². The zero-order valence-corrected chi connectivity index (χ0v) is 14.0. The van der Waals surface area contributed by atoms with Crippen molar-refractivity contribution in [3.05, 3.63) is 32.4 Å². The van der Waals surface area contributed by atoms with Crippen molar-refractivity contribution in [3.8, 4) is 0 Å². The number of carbonyl (C=O) groups is 1. The first-order valence-corrected chi connectivity index (χ1v) is 7.98. The van der Waals surface area contributed by atoms with Gasteiger partial charge in [-0.25, -0.2) is 0 Å². The lowest BCUT2D eigenvalue weighted by atomic mass is 10.2. The summed E-state index contributed by atoms with van der Waals surface area (Å²) in [4.78, 5) is 14.1. The molecule has 1 amide bonds. The molecule has 0 N–H and O–H groups in total. The van der Waals surface area contributed by atoms with Gasteiger partial charge in [-0.2, -0.15) is 0 Å². The number of hydrogen-bond acceptors (Lipinski definition) is 1. The smallest absolute Gasteiger partial charge is 0.254 e. The minimum Gasteiger partial charge on any atom is -0.339 e. The Balaban J connectivity index is 2.89. The average Bonchev–Trinajstić information content (AvgIpc) is 2.33. The van der Waals surface area contributed by atoms with Gasteiger partial charge in [0.1, 0.15) is 0 Å². The number of rotatable bonds is 5. The second kappa shape index (κ2) is 7.59. The second-order valence-electron chi connectivity index (χ2n) is 3.55. The standard InChI is InChI=1S/C12H14BrClINO/c1-2-16(7-3-6-13)12(17)10-8-9(14)4-5-11(10)15/h4-5,8H,2-3,6-7H2,1H3. The molecule has 17 heavy (non-hydrogen) atoms. The Morgan fingerprint density at radius 2 is 2.24 bits per heavy atom. The predicted molar refractivity (Wildman–Crippen MR) is 84.2 cm³/mol. The maximum absolute atomic E-state index is 12.3. The van der Waals surface area contributed by atoms with Crippen LogP contribution in [0.3, 0.4) is 0 Å². The van der Waals surface area contributed by atoms with Gasteiger partial charge < -0.3 is 4.90 Å². The van der Waals surface area contributed by atoms with Gasteiger partial charge in [0.15, 0.2) is 0 Å². The summed E-state index contributed by atoms with van der Waals surface area (Å²) in [7, 11) is 0. The fourth-order valence-electron chi connectivity index (χ4n) is 1.49. The number of amides is 1. The van der Waals surface area contributed by atoms with Crippen LogP contribution in [0.1, 0.15) is 23.7 Å². The van der Waals surface area contributed by atoms with Crippen molar-refractivity contribution in [1.29, 1.82) is 0 Å². The fourth-order valence-corrected chi connectivity index (χ4v) is 2.47. The molecule has 1 aromatic carbocycles. The summed E-state index contributed by atoms with van der Waals surface area (Å²) in [5.74, 6) is 0.0559. The lowest BCUT2D eigenvalue weighted by Crippen LogP contribution is -2.32. The predicted octanol–water partition coefficient (Wildman–Crippen LogP) is 4.19. The van der Waals surface area contributed by atoms with Crippen molar-refractivity contribution >= 4 is 56.0 Å². The molecule has 0 unspecified atom stereocenters. The van der Waals surface area contributed by atoms with Crippen molar-refractivity contribution in [2.75, 3.05) is 18.4 Å². The van der Waals surface area contributed by atoms with Crippen LogP contribution in [-0.4, -0.2) is 29.2 Å². The summed E-state index contributed by atoms with van der Waals surface area (Å²) < 4.78 is 0.939. The SMILES string of the molecule is CCN(CCCBr)C(=O)c1cc(Cl)ccc1I. The van der Waals surface area contributed by atoms with Gasteiger partial charge in [-0.1, -0.05) is 27.5 Å². The van der Waals surface area contributed by atoms with E-state index in [1.54, 1.807) is 12.1 Å². The summed E-state index contributed by atoms with van der Waals surface area (Å²) in [6.07, 6.45) is 0.955. The quantitative estimate of drug-likeness (QED) is 0.507. The lowest BCUT2D eigenvalue weighted by molar-refractivity contribution is 0.0764. The highest BCUT2D eigenvalue weighted by atomic mass is 127. The summed E-state index contributed by atoms with van der Waals surface area (Å²) in [5, 5.41) is 1.51. The van der Waals surface area contributed by atoms with Gasteiger partial charge >= 0.3 is 0 Å². The number of benzene rings is 1. The topological polar surface area (TPSA) is 20.3 Å². The molecule has 0 radical (unpaired) electrons. The van der Waals surface area contributed by atoms with E-state index in [-0.39, 0.29) is 5.91 Å². The second-order valence-corrected chi connectivity index (χ2v) is 5.94. The molecule has 94 valence electrons. The molecule has 0 aliphatic heterocycles. The molecule has 0 bridgehead atoms. The average molecular weight is 431 g/mol. The van der Waals surface area contributed by atoms with E-state index in [2.05, 4.69) is 38.5 Å². The molecule has 0 aliphatic rings. The number of hydrogen-bond donors (Lipinski definition) is 0. The molecule has 0 aromatic heterocycles. The third-order valence-corrected chi connectivity index (χ3v) is 4.13. The number of halogens is 3. The van der Waals surface area contributed by atoms with Crippen molar-refractivity contribution < 1.29 is 4.79 Å². The summed E-state index contributed by atoms with van der Waals surface area (Å²) in [6, 6.07) is 5.41. The maximum Gasteiger partial charge on any atom is 0.254 e. The van der Waals surface area contributed by atoms with Crippen molar-refractivity contribution in [3.63, 3.8) is 0 Å². The first-order valence-electron chi connectivity index (χ1n) is 5.40. The monoisotopic (exact) mass is 429 g/mol. The highest BCUT2D eigenvalue weighted by Crippen LogP contribution is 2.19. The molecule has 0 atom stereocenters. The van der Waals surface area contributed by atoms with Crippen LogP contribution < -0.4 is 0 Å². The molecular weight excluding hydrogens is 416 g/mol. The Kier molecular flexibility index (Phi) is 6.80. The third kappa shape index (κ3) is 4.41. The Morgan fingerprint density at radius 3 is 2.82 bits per heavy atom. The lowest BCUT2D eigenvalue weighted by Gasteiger charge is -2.21. The number of alkyl halides is 1. The van der Waals surface area contributed by atoms with Crippen molar-refractivity contribution in [2.45, 2.75) is 13.3 Å². The van der Waals surface area contributed by atoms with Crippen LogP contribution in [0, 0.1) is 3.57 Å². The van der Waals surface area contributed by atoms with Crippen LogP contribution >= 0.6 is 50.1 Å². The first kappa shape index (κ1) is 15.2. The largest absolute Gasteiger partial charge is 0.339 e. The highest BCUT2D eigenvalue weighted by molar-refractivity contribution is 14.1. The Bertz CT molecular complexity index is 400. The minimum absolute atomic E-state index is 0.0559. The Hall–Kier alpha value is 0.190. The van der Waals surface area contributed by atoms with Gasteiger partial charge in [-0.05, 0) is 54.1 Å². The molecule has 0 spiro atoms. The molecule has 1 rings (SSSR count). The van der Waals surface area contributed by atoms with E-state index in [1.165, 1.54) is 0 Å². The maximum atomic E-state index is 12.3. The molecule has 5 heteroatoms. The van der Waals surface area contributed by atoms with Crippen LogP contribution in [0.5, 0.6) is 0 Å². The van der Waals surface area contributed by atoms with Crippen LogP contribution in [-0.2, 0) is 0 Å². The third-order valence-electron chi connectivity index (χ3n) is 2.39. The molecular formula is C12H14BrClINO. The zero-order chi connectivity index (χ0) is 12.8. The first-order chi connectivity index (χ1) is 8.10. The van der Waals surface area contributed by atoms with Gasteiger partial charge in [0.25, 0.3) is 5.91 Å². The highest BCUT2D eigenvalue weighted by Gasteiger charge is 2.16. The zero-order valence-electron chi connectivity index (χ0n) is 9.55. The van der Waals surface area contributed by atoms with Gasteiger partial charge in [0.05, 0.1) is 5.56 Å². The Labute approximate surface area is 129 Å². The van der Waals surface area contributed by atoms with E-state index in [4.69, 9.17) is 11.6 Å². The number of nitrogens with zero attached hydrogens (tertiary/aromatic N) is 1. The molecule has 0 saturated heterocycles. The van der Waals surface area contributed by atoms with Crippen molar-refractivity contribution in [1.82, 2.24) is 4.90 Å². The van der Waals surface area contributed by atoms with Crippen LogP contribution in [0.2, 0.25) is 5.02 Å².